The number of nitrogens with zero attached hydrogens (tertiary/aromatic N) is 2. The van der Waals surface area contributed by atoms with Gasteiger partial charge in [0.05, 0.1) is 21.8 Å². The molecule has 3 heterocycles. The largest absolute Gasteiger partial charge is 0.478 e. The van der Waals surface area contributed by atoms with Crippen LogP contribution in [-0.2, 0) is 6.42 Å². The summed E-state index contributed by atoms with van der Waals surface area (Å²) in [7, 11) is 0. The van der Waals surface area contributed by atoms with Crippen LogP contribution in [0.3, 0.4) is 0 Å². The van der Waals surface area contributed by atoms with E-state index >= 15 is 0 Å². The lowest BCUT2D eigenvalue weighted by Gasteiger charge is -2.30. The molecule has 1 atom stereocenters. The second-order valence-electron chi connectivity index (χ2n) is 9.75. The zero-order valence-electron chi connectivity index (χ0n) is 21.0. The Kier molecular flexibility index (Phi) is 5.91. The summed E-state index contributed by atoms with van der Waals surface area (Å²) in [5, 5.41) is 9.96. The van der Waals surface area contributed by atoms with E-state index in [9.17, 15) is 14.7 Å². The number of hydrogen-bond acceptors (Lipinski definition) is 5. The molecule has 0 amide bonds. The lowest BCUT2D eigenvalue weighted by Crippen LogP contribution is -2.38. The molecule has 2 aliphatic rings. The fourth-order valence-electron chi connectivity index (χ4n) is 5.49. The Labute approximate surface area is 237 Å². The molecule has 1 unspecified atom stereocenters. The zero-order valence-corrected chi connectivity index (χ0v) is 22.6. The molecule has 0 spiro atoms. The third-order valence-electron chi connectivity index (χ3n) is 7.35. The highest BCUT2D eigenvalue weighted by Crippen LogP contribution is 2.41. The van der Waals surface area contributed by atoms with Gasteiger partial charge in [-0.1, -0.05) is 71.5 Å². The first-order chi connectivity index (χ1) is 19.5. The number of fused-ring (bicyclic) bond motifs is 3. The first kappa shape index (κ1) is 24.6. The number of hydrogen-bond donors (Lipinski definition) is 1. The second-order valence-corrected chi connectivity index (χ2v) is 11.2. The Balaban J connectivity index is 1.37. The number of furan rings is 1. The molecule has 1 N–H and O–H groups in total. The van der Waals surface area contributed by atoms with Crippen molar-refractivity contribution >= 4 is 40.7 Å². The van der Waals surface area contributed by atoms with Crippen molar-refractivity contribution < 1.29 is 14.3 Å². The molecule has 1 aliphatic carbocycles. The second kappa shape index (κ2) is 9.62. The van der Waals surface area contributed by atoms with E-state index in [4.69, 9.17) is 21.0 Å². The van der Waals surface area contributed by atoms with Crippen molar-refractivity contribution in [2.75, 3.05) is 0 Å². The smallest absolute Gasteiger partial charge is 0.335 e. The van der Waals surface area contributed by atoms with Crippen molar-refractivity contribution in [1.29, 1.82) is 0 Å². The fourth-order valence-corrected chi connectivity index (χ4v) is 6.59. The summed E-state index contributed by atoms with van der Waals surface area (Å²) in [5.41, 5.74) is 6.10. The van der Waals surface area contributed by atoms with E-state index in [0.29, 0.717) is 31.4 Å². The number of carbonyl (C=O) groups is 1. The molecule has 2 aromatic heterocycles. The first-order valence-electron chi connectivity index (χ1n) is 12.8. The molecule has 0 fully saturated rings. The van der Waals surface area contributed by atoms with Gasteiger partial charge in [-0.25, -0.2) is 9.79 Å². The lowest BCUT2D eigenvalue weighted by atomic mass is 9.83. The maximum Gasteiger partial charge on any atom is 0.335 e. The quantitative estimate of drug-likeness (QED) is 0.293. The van der Waals surface area contributed by atoms with Gasteiger partial charge < -0.3 is 9.52 Å². The average molecular weight is 565 g/mol. The van der Waals surface area contributed by atoms with Gasteiger partial charge in [0.2, 0.25) is 0 Å². The number of halogens is 1. The number of aromatic carboxylic acids is 1. The first-order valence-corrected chi connectivity index (χ1v) is 14.0. The molecule has 0 saturated heterocycles. The van der Waals surface area contributed by atoms with E-state index in [1.807, 2.05) is 36.4 Å². The Bertz CT molecular complexity index is 2030. The van der Waals surface area contributed by atoms with Crippen LogP contribution in [0.5, 0.6) is 0 Å². The van der Waals surface area contributed by atoms with Gasteiger partial charge in [-0.15, -0.1) is 0 Å². The number of thiazole rings is 1. The van der Waals surface area contributed by atoms with Gasteiger partial charge in [0.1, 0.15) is 11.5 Å². The number of allylic oxidation sites excluding steroid dienone is 1. The molecule has 1 aliphatic heterocycles. The summed E-state index contributed by atoms with van der Waals surface area (Å²) in [6.07, 6.45) is 3.42. The summed E-state index contributed by atoms with van der Waals surface area (Å²) in [6, 6.07) is 25.8. The minimum absolute atomic E-state index is 0.139. The summed E-state index contributed by atoms with van der Waals surface area (Å²) in [4.78, 5) is 31.0. The topological polar surface area (TPSA) is 84.8 Å². The highest BCUT2D eigenvalue weighted by Gasteiger charge is 2.32. The third kappa shape index (κ3) is 4.15. The number of rotatable bonds is 4. The highest BCUT2D eigenvalue weighted by molar-refractivity contribution is 7.07. The van der Waals surface area contributed by atoms with Crippen LogP contribution < -0.4 is 14.9 Å². The van der Waals surface area contributed by atoms with Gasteiger partial charge in [-0.3, -0.25) is 9.36 Å². The van der Waals surface area contributed by atoms with Crippen molar-refractivity contribution in [3.8, 4) is 11.3 Å². The monoisotopic (exact) mass is 564 g/mol. The molecule has 0 bridgehead atoms. The molecule has 3 aromatic carbocycles. The Morgan fingerprint density at radius 2 is 1.85 bits per heavy atom. The average Bonchev–Trinajstić information content (AvgIpc) is 3.57. The third-order valence-corrected chi connectivity index (χ3v) is 8.59. The minimum atomic E-state index is -1.00. The molecule has 6 nitrogen and oxygen atoms in total. The van der Waals surface area contributed by atoms with E-state index in [1.165, 1.54) is 23.0 Å². The number of carboxylic acid groups (broad SMARTS) is 1. The fraction of sp³-hybridized carbons (Fsp3) is 0.0938. The molecule has 0 radical (unpaired) electrons. The minimum Gasteiger partial charge on any atom is -0.478 e. The van der Waals surface area contributed by atoms with Crippen molar-refractivity contribution in [1.82, 2.24) is 4.57 Å². The summed E-state index contributed by atoms with van der Waals surface area (Å²) >= 11 is 7.54. The Morgan fingerprint density at radius 1 is 1.02 bits per heavy atom. The maximum atomic E-state index is 13.9. The molecule has 196 valence electrons. The van der Waals surface area contributed by atoms with E-state index in [1.54, 1.807) is 41.0 Å². The van der Waals surface area contributed by atoms with Crippen LogP contribution in [0, 0.1) is 0 Å². The Morgan fingerprint density at radius 3 is 2.67 bits per heavy atom. The molecular formula is C32H21ClN2O4S. The van der Waals surface area contributed by atoms with Crippen molar-refractivity contribution in [3.05, 3.63) is 143 Å². The van der Waals surface area contributed by atoms with Crippen LogP contribution >= 0.6 is 22.9 Å². The van der Waals surface area contributed by atoms with Gasteiger partial charge in [-0.2, -0.15) is 0 Å². The van der Waals surface area contributed by atoms with Gasteiger partial charge in [-0.05, 0) is 65.9 Å². The van der Waals surface area contributed by atoms with Crippen LogP contribution in [0.2, 0.25) is 5.02 Å². The van der Waals surface area contributed by atoms with Crippen molar-refractivity contribution in [2.45, 2.75) is 18.9 Å². The number of benzene rings is 3. The predicted molar refractivity (Wildman–Crippen MR) is 155 cm³/mol. The summed E-state index contributed by atoms with van der Waals surface area (Å²) in [6.45, 7) is 0. The van der Waals surface area contributed by atoms with Crippen LogP contribution in [0.15, 0.2) is 105 Å². The maximum absolute atomic E-state index is 13.9. The van der Waals surface area contributed by atoms with Crippen LogP contribution in [0.4, 0.5) is 0 Å². The molecule has 40 heavy (non-hydrogen) atoms. The molecule has 8 heteroatoms. The molecule has 7 rings (SSSR count). The highest BCUT2D eigenvalue weighted by atomic mass is 35.5. The van der Waals surface area contributed by atoms with Gasteiger partial charge in [0.15, 0.2) is 4.80 Å². The van der Waals surface area contributed by atoms with E-state index in [-0.39, 0.29) is 17.2 Å². The predicted octanol–water partition coefficient (Wildman–Crippen LogP) is 5.93. The van der Waals surface area contributed by atoms with Gasteiger partial charge in [0, 0.05) is 22.2 Å². The van der Waals surface area contributed by atoms with Gasteiger partial charge >= 0.3 is 5.97 Å². The van der Waals surface area contributed by atoms with Crippen LogP contribution in [-0.4, -0.2) is 15.6 Å². The van der Waals surface area contributed by atoms with E-state index in [0.717, 1.165) is 35.2 Å². The number of carboxylic acids is 1. The lowest BCUT2D eigenvalue weighted by molar-refractivity contribution is 0.0697. The summed E-state index contributed by atoms with van der Waals surface area (Å²) in [5.74, 6) is 0.0154. The van der Waals surface area contributed by atoms with E-state index < -0.39 is 5.97 Å². The van der Waals surface area contributed by atoms with Crippen LogP contribution in [0.25, 0.3) is 23.1 Å². The van der Waals surface area contributed by atoms with Crippen LogP contribution in [0.1, 0.15) is 45.3 Å². The SMILES string of the molecule is O=C(O)c1cccc(-c2ccc(/C=c3\sc4n(c3=O)C(c3ccc(Cl)cc3)C3=C(N=4)c4ccccc4CC3)o2)c1. The molecule has 0 saturated carbocycles. The number of aromatic nitrogens is 1. The molecule has 5 aromatic rings. The standard InChI is InChI=1S/C32H21ClN2O4S/c33-22-11-8-19(9-12-22)29-25-14-10-18-4-1-2-7-24(18)28(25)34-32-35(29)30(36)27(40-32)17-23-13-15-26(39-23)20-5-3-6-21(16-20)31(37)38/h1-9,11-13,15-17,29H,10,14H2,(H,37,38)/b27-17-. The molecular weight excluding hydrogens is 544 g/mol. The van der Waals surface area contributed by atoms with Crippen molar-refractivity contribution in [2.24, 2.45) is 4.99 Å². The zero-order chi connectivity index (χ0) is 27.4. The summed E-state index contributed by atoms with van der Waals surface area (Å²) < 4.78 is 8.31. The van der Waals surface area contributed by atoms with Crippen molar-refractivity contribution in [3.63, 3.8) is 0 Å². The van der Waals surface area contributed by atoms with E-state index in [2.05, 4.69) is 12.1 Å². The Hall–Kier alpha value is -4.46. The number of aryl methyl sites for hydroxylation is 1. The van der Waals surface area contributed by atoms with Gasteiger partial charge in [0.25, 0.3) is 5.56 Å². The normalized spacial score (nSPS) is 16.2.